The zero-order valence-corrected chi connectivity index (χ0v) is 25.4. The van der Waals surface area contributed by atoms with Crippen LogP contribution in [-0.4, -0.2) is 74.4 Å². The number of ether oxygens (including phenoxy) is 1. The van der Waals surface area contributed by atoms with Gasteiger partial charge in [-0.3, -0.25) is 14.5 Å². The Morgan fingerprint density at radius 1 is 0.674 bits per heavy atom. The van der Waals surface area contributed by atoms with E-state index < -0.39 is 11.8 Å². The highest BCUT2D eigenvalue weighted by molar-refractivity contribution is 6.54. The molecule has 43 heavy (non-hydrogen) atoms. The minimum absolute atomic E-state index is 0.0258. The van der Waals surface area contributed by atoms with Gasteiger partial charge in [-0.05, 0) is 37.1 Å². The molecule has 2 fully saturated rings. The van der Waals surface area contributed by atoms with Crippen molar-refractivity contribution in [2.24, 2.45) is 0 Å². The van der Waals surface area contributed by atoms with Crippen LogP contribution in [0.3, 0.4) is 0 Å². The van der Waals surface area contributed by atoms with Crippen LogP contribution < -0.4 is 15.5 Å². The molecule has 0 atom stereocenters. The second-order valence-corrected chi connectivity index (χ2v) is 12.7. The Kier molecular flexibility index (Phi) is 6.27. The van der Waals surface area contributed by atoms with E-state index in [1.54, 1.807) is 12.1 Å². The standard InChI is InChI=1S/C32H27Cl3N4O4/c33-17-11-15-23-16(32(42)39(31(15)41)7-9-43-10-8-40)12-20(36)27-26-19(35)14-22(38-5-2-6-38)28-21(37-3-1-4-37)13-18(34)25(30(26)28)24(17)29(23)27/h11-14,40H,1-10,36H2. The summed E-state index contributed by atoms with van der Waals surface area (Å²) in [6.07, 6.45) is 2.22. The summed E-state index contributed by atoms with van der Waals surface area (Å²) in [7, 11) is 0. The number of nitrogens with zero attached hydrogens (tertiary/aromatic N) is 3. The van der Waals surface area contributed by atoms with Crippen molar-refractivity contribution in [1.82, 2.24) is 4.90 Å². The minimum atomic E-state index is -0.469. The number of amides is 2. The van der Waals surface area contributed by atoms with E-state index in [-0.39, 0.29) is 26.4 Å². The predicted molar refractivity (Wildman–Crippen MR) is 174 cm³/mol. The quantitative estimate of drug-likeness (QED) is 0.0710. The maximum Gasteiger partial charge on any atom is 0.261 e. The molecule has 5 aromatic carbocycles. The second kappa shape index (κ2) is 9.87. The van der Waals surface area contributed by atoms with E-state index in [1.807, 2.05) is 12.1 Å². The van der Waals surface area contributed by atoms with Crippen molar-refractivity contribution in [2.75, 3.05) is 68.1 Å². The first-order valence-corrected chi connectivity index (χ1v) is 15.6. The SMILES string of the molecule is Nc1cc2c3c(cc(Cl)c4c5c(Cl)cc(N6CCC6)c6c(N7CCC7)cc(Cl)c(c1c34)c65)C(=O)N(CCOCCO)C2=O. The third kappa shape index (κ3) is 3.71. The summed E-state index contributed by atoms with van der Waals surface area (Å²) < 4.78 is 5.35. The predicted octanol–water partition coefficient (Wildman–Crippen LogP) is 6.30. The summed E-state index contributed by atoms with van der Waals surface area (Å²) in [6.45, 7) is 3.84. The lowest BCUT2D eigenvalue weighted by Gasteiger charge is -2.39. The van der Waals surface area contributed by atoms with Gasteiger partial charge in [-0.15, -0.1) is 0 Å². The highest BCUT2D eigenvalue weighted by Crippen LogP contribution is 2.55. The van der Waals surface area contributed by atoms with E-state index in [9.17, 15) is 9.59 Å². The Labute approximate surface area is 261 Å². The lowest BCUT2D eigenvalue weighted by molar-refractivity contribution is 0.0478. The smallest absolute Gasteiger partial charge is 0.261 e. The number of anilines is 3. The monoisotopic (exact) mass is 636 g/mol. The number of rotatable bonds is 7. The molecule has 0 aromatic heterocycles. The molecular formula is C32H27Cl3N4O4. The number of nitrogen functional groups attached to an aromatic ring is 1. The van der Waals surface area contributed by atoms with Crippen LogP contribution in [0.1, 0.15) is 33.6 Å². The van der Waals surface area contributed by atoms with Crippen molar-refractivity contribution < 1.29 is 19.4 Å². The Morgan fingerprint density at radius 2 is 1.19 bits per heavy atom. The van der Waals surface area contributed by atoms with Crippen LogP contribution in [0, 0.1) is 0 Å². The fraction of sp³-hybridized carbons (Fsp3) is 0.312. The van der Waals surface area contributed by atoms with Crippen LogP contribution in [-0.2, 0) is 4.74 Å². The Hall–Kier alpha value is -3.27. The molecule has 220 valence electrons. The summed E-state index contributed by atoms with van der Waals surface area (Å²) in [4.78, 5) is 33.4. The molecular weight excluding hydrogens is 611 g/mol. The van der Waals surface area contributed by atoms with Gasteiger partial charge in [-0.2, -0.15) is 0 Å². The fourth-order valence-corrected chi connectivity index (χ4v) is 7.90. The van der Waals surface area contributed by atoms with Gasteiger partial charge in [-0.25, -0.2) is 0 Å². The van der Waals surface area contributed by atoms with Crippen molar-refractivity contribution in [2.45, 2.75) is 12.8 Å². The number of aliphatic hydroxyl groups excluding tert-OH is 1. The van der Waals surface area contributed by atoms with E-state index in [2.05, 4.69) is 9.80 Å². The molecule has 2 saturated heterocycles. The Bertz CT molecular complexity index is 1910. The summed E-state index contributed by atoms with van der Waals surface area (Å²) in [5, 5.41) is 16.3. The topological polar surface area (TPSA) is 99.3 Å². The Balaban J connectivity index is 1.50. The second-order valence-electron chi connectivity index (χ2n) is 11.5. The van der Waals surface area contributed by atoms with Gasteiger partial charge < -0.3 is 25.4 Å². The molecule has 3 heterocycles. The number of hydrogen-bond donors (Lipinski definition) is 2. The van der Waals surface area contributed by atoms with Crippen LogP contribution in [0.25, 0.3) is 43.1 Å². The van der Waals surface area contributed by atoms with Crippen LogP contribution in [0.4, 0.5) is 17.1 Å². The number of fused-ring (bicyclic) bond motifs is 2. The molecule has 3 N–H and O–H groups in total. The first kappa shape index (κ1) is 27.3. The first-order valence-electron chi connectivity index (χ1n) is 14.4. The van der Waals surface area contributed by atoms with Crippen LogP contribution >= 0.6 is 34.8 Å². The molecule has 0 unspecified atom stereocenters. The largest absolute Gasteiger partial charge is 0.398 e. The average Bonchev–Trinajstić information content (AvgIpc) is 2.91. The maximum atomic E-state index is 13.8. The summed E-state index contributed by atoms with van der Waals surface area (Å²) >= 11 is 21.5. The zero-order chi connectivity index (χ0) is 29.7. The highest BCUT2D eigenvalue weighted by Gasteiger charge is 2.37. The number of hydrogen-bond acceptors (Lipinski definition) is 7. The van der Waals surface area contributed by atoms with Gasteiger partial charge in [0.2, 0.25) is 0 Å². The maximum absolute atomic E-state index is 13.8. The van der Waals surface area contributed by atoms with Crippen LogP contribution in [0.15, 0.2) is 24.3 Å². The van der Waals surface area contributed by atoms with Gasteiger partial charge in [-0.1, -0.05) is 34.8 Å². The van der Waals surface area contributed by atoms with Gasteiger partial charge >= 0.3 is 0 Å². The zero-order valence-electron chi connectivity index (χ0n) is 23.1. The van der Waals surface area contributed by atoms with E-state index in [0.29, 0.717) is 53.4 Å². The number of aliphatic hydroxyl groups is 1. The van der Waals surface area contributed by atoms with Crippen molar-refractivity contribution in [3.63, 3.8) is 0 Å². The minimum Gasteiger partial charge on any atom is -0.398 e. The molecule has 0 radical (unpaired) electrons. The third-order valence-corrected chi connectivity index (χ3v) is 10.1. The number of benzene rings is 5. The molecule has 5 aromatic rings. The van der Waals surface area contributed by atoms with E-state index >= 15 is 0 Å². The summed E-state index contributed by atoms with van der Waals surface area (Å²) in [5.41, 5.74) is 9.93. The van der Waals surface area contributed by atoms with Gasteiger partial charge in [0.15, 0.2) is 0 Å². The summed E-state index contributed by atoms with van der Waals surface area (Å²) in [5.74, 6) is -0.935. The molecule has 0 bridgehead atoms. The summed E-state index contributed by atoms with van der Waals surface area (Å²) in [6, 6.07) is 7.32. The normalized spacial score (nSPS) is 16.8. The van der Waals surface area contributed by atoms with Gasteiger partial charge in [0.25, 0.3) is 11.8 Å². The molecule has 8 nitrogen and oxygen atoms in total. The van der Waals surface area contributed by atoms with E-state index in [4.69, 9.17) is 50.4 Å². The number of carbonyl (C=O) groups excluding carboxylic acids is 2. The number of halogens is 3. The van der Waals surface area contributed by atoms with Gasteiger partial charge in [0, 0.05) is 91.4 Å². The van der Waals surface area contributed by atoms with Gasteiger partial charge in [0.05, 0.1) is 47.5 Å². The number of imide groups is 1. The van der Waals surface area contributed by atoms with Gasteiger partial charge in [0.1, 0.15) is 0 Å². The molecule has 3 aliphatic heterocycles. The van der Waals surface area contributed by atoms with Crippen molar-refractivity contribution in [1.29, 1.82) is 0 Å². The molecule has 3 aliphatic rings. The van der Waals surface area contributed by atoms with Crippen molar-refractivity contribution in [3.05, 3.63) is 50.5 Å². The molecule has 0 saturated carbocycles. The van der Waals surface area contributed by atoms with E-state index in [0.717, 1.165) is 76.8 Å². The fourth-order valence-electron chi connectivity index (χ4n) is 7.02. The molecule has 0 aliphatic carbocycles. The molecule has 8 rings (SSSR count). The molecule has 2 amide bonds. The average molecular weight is 638 g/mol. The van der Waals surface area contributed by atoms with Crippen molar-refractivity contribution >= 4 is 107 Å². The Morgan fingerprint density at radius 3 is 1.72 bits per heavy atom. The van der Waals surface area contributed by atoms with E-state index in [1.165, 1.54) is 0 Å². The third-order valence-electron chi connectivity index (χ3n) is 9.19. The molecule has 0 spiro atoms. The highest BCUT2D eigenvalue weighted by atomic mass is 35.5. The number of carbonyl (C=O) groups is 2. The van der Waals surface area contributed by atoms with Crippen LogP contribution in [0.5, 0.6) is 0 Å². The lowest BCUT2D eigenvalue weighted by atomic mass is 9.83. The number of nitrogens with two attached hydrogens (primary N) is 1. The molecule has 11 heteroatoms. The lowest BCUT2D eigenvalue weighted by Crippen LogP contribution is -2.42. The van der Waals surface area contributed by atoms with Crippen LogP contribution in [0.2, 0.25) is 15.1 Å². The first-order chi connectivity index (χ1) is 20.8. The van der Waals surface area contributed by atoms with Crippen molar-refractivity contribution in [3.8, 4) is 0 Å².